The van der Waals surface area contributed by atoms with Crippen molar-refractivity contribution < 1.29 is 14.6 Å². The van der Waals surface area contributed by atoms with Gasteiger partial charge in [0.2, 0.25) is 5.88 Å². The monoisotopic (exact) mass is 439 g/mol. The summed E-state index contributed by atoms with van der Waals surface area (Å²) in [4.78, 5) is 19.5. The summed E-state index contributed by atoms with van der Waals surface area (Å²) in [7, 11) is 0. The van der Waals surface area contributed by atoms with Crippen molar-refractivity contribution in [1.82, 2.24) is 20.1 Å². The SMILES string of the molecule is O=C(O)N1CCC(c2cc(Cl)nnc2OC2CN(c3ccc4ccccc4n3)C2)CC1. The predicted octanol–water partition coefficient (Wildman–Crippen LogP) is 3.80. The average molecular weight is 440 g/mol. The van der Waals surface area contributed by atoms with Gasteiger partial charge in [0.15, 0.2) is 5.15 Å². The molecule has 0 aliphatic carbocycles. The Labute approximate surface area is 184 Å². The topological polar surface area (TPSA) is 91.7 Å². The van der Waals surface area contributed by atoms with Gasteiger partial charge in [-0.1, -0.05) is 29.8 Å². The van der Waals surface area contributed by atoms with E-state index in [4.69, 9.17) is 21.3 Å². The van der Waals surface area contributed by atoms with E-state index in [0.717, 1.165) is 22.3 Å². The van der Waals surface area contributed by atoms with Crippen LogP contribution in [0.1, 0.15) is 24.3 Å². The molecule has 2 saturated heterocycles. The molecule has 1 aromatic carbocycles. The van der Waals surface area contributed by atoms with Crippen molar-refractivity contribution in [3.63, 3.8) is 0 Å². The zero-order valence-electron chi connectivity index (χ0n) is 16.8. The Morgan fingerprint density at radius 3 is 2.65 bits per heavy atom. The van der Waals surface area contributed by atoms with Gasteiger partial charge < -0.3 is 19.6 Å². The lowest BCUT2D eigenvalue weighted by atomic mass is 9.90. The van der Waals surface area contributed by atoms with Crippen LogP contribution in [-0.4, -0.2) is 63.6 Å². The van der Waals surface area contributed by atoms with Crippen molar-refractivity contribution in [2.75, 3.05) is 31.1 Å². The van der Waals surface area contributed by atoms with Crippen LogP contribution in [0.5, 0.6) is 5.88 Å². The Balaban J connectivity index is 1.25. The van der Waals surface area contributed by atoms with Gasteiger partial charge >= 0.3 is 6.09 Å². The van der Waals surface area contributed by atoms with Gasteiger partial charge in [-0.2, -0.15) is 0 Å². The molecule has 31 heavy (non-hydrogen) atoms. The number of benzene rings is 1. The third kappa shape index (κ3) is 4.07. The fourth-order valence-corrected chi connectivity index (χ4v) is 4.38. The van der Waals surface area contributed by atoms with Gasteiger partial charge in [0.1, 0.15) is 11.9 Å². The molecule has 2 aliphatic rings. The smallest absolute Gasteiger partial charge is 0.407 e. The van der Waals surface area contributed by atoms with E-state index >= 15 is 0 Å². The van der Waals surface area contributed by atoms with Gasteiger partial charge in [-0.25, -0.2) is 9.78 Å². The maximum Gasteiger partial charge on any atom is 0.407 e. The molecule has 0 atom stereocenters. The van der Waals surface area contributed by atoms with Crippen molar-refractivity contribution in [3.05, 3.63) is 53.2 Å². The Bertz CT molecular complexity index is 1110. The molecule has 3 aromatic rings. The molecule has 2 fully saturated rings. The zero-order chi connectivity index (χ0) is 21.4. The fourth-order valence-electron chi connectivity index (χ4n) is 4.22. The highest BCUT2D eigenvalue weighted by Gasteiger charge is 2.32. The van der Waals surface area contributed by atoms with E-state index < -0.39 is 6.09 Å². The molecule has 9 heteroatoms. The van der Waals surface area contributed by atoms with Crippen molar-refractivity contribution >= 4 is 34.4 Å². The number of carbonyl (C=O) groups is 1. The van der Waals surface area contributed by atoms with E-state index in [2.05, 4.69) is 27.2 Å². The van der Waals surface area contributed by atoms with E-state index in [0.29, 0.717) is 50.1 Å². The van der Waals surface area contributed by atoms with Crippen LogP contribution in [0.15, 0.2) is 42.5 Å². The van der Waals surface area contributed by atoms with Crippen LogP contribution < -0.4 is 9.64 Å². The van der Waals surface area contributed by atoms with Crippen LogP contribution in [0.25, 0.3) is 10.9 Å². The van der Waals surface area contributed by atoms with E-state index in [1.165, 1.54) is 4.90 Å². The molecule has 0 bridgehead atoms. The summed E-state index contributed by atoms with van der Waals surface area (Å²) in [5.41, 5.74) is 1.88. The first-order chi connectivity index (χ1) is 15.1. The number of para-hydroxylation sites is 1. The summed E-state index contributed by atoms with van der Waals surface area (Å²) in [6.45, 7) is 2.41. The number of halogens is 1. The molecule has 1 N–H and O–H groups in total. The van der Waals surface area contributed by atoms with E-state index in [1.807, 2.05) is 24.3 Å². The number of rotatable bonds is 4. The molecule has 0 unspecified atom stereocenters. The number of carboxylic acid groups (broad SMARTS) is 1. The standard InChI is InChI=1S/C22H22ClN5O3/c23-19-11-17(14-7-9-27(10-8-14)22(29)30)21(26-25-19)31-16-12-28(13-16)20-6-5-15-3-1-2-4-18(15)24-20/h1-6,11,14,16H,7-10,12-13H2,(H,29,30). The lowest BCUT2D eigenvalue weighted by molar-refractivity contribution is 0.130. The summed E-state index contributed by atoms with van der Waals surface area (Å²) in [5, 5.41) is 18.8. The lowest BCUT2D eigenvalue weighted by Gasteiger charge is -2.40. The second-order valence-electron chi connectivity index (χ2n) is 7.98. The van der Waals surface area contributed by atoms with Crippen LogP contribution in [0.3, 0.4) is 0 Å². The number of hydrogen-bond acceptors (Lipinski definition) is 6. The van der Waals surface area contributed by atoms with Gasteiger partial charge in [0.05, 0.1) is 18.6 Å². The number of likely N-dealkylation sites (tertiary alicyclic amines) is 1. The van der Waals surface area contributed by atoms with Crippen molar-refractivity contribution in [1.29, 1.82) is 0 Å². The number of nitrogens with zero attached hydrogens (tertiary/aromatic N) is 5. The first kappa shape index (κ1) is 19.8. The molecule has 1 amide bonds. The van der Waals surface area contributed by atoms with E-state index in [9.17, 15) is 9.90 Å². The minimum Gasteiger partial charge on any atom is -0.469 e. The second kappa shape index (κ2) is 8.19. The Morgan fingerprint density at radius 2 is 1.87 bits per heavy atom. The summed E-state index contributed by atoms with van der Waals surface area (Å²) in [6.07, 6.45) is 0.532. The van der Waals surface area contributed by atoms with Crippen LogP contribution in [0, 0.1) is 0 Å². The Morgan fingerprint density at radius 1 is 1.10 bits per heavy atom. The molecule has 0 saturated carbocycles. The van der Waals surface area contributed by atoms with Gasteiger partial charge in [0.25, 0.3) is 0 Å². The molecule has 8 nitrogen and oxygen atoms in total. The first-order valence-electron chi connectivity index (χ1n) is 10.4. The normalized spacial score (nSPS) is 17.6. The lowest BCUT2D eigenvalue weighted by Crippen LogP contribution is -2.54. The molecule has 2 aliphatic heterocycles. The van der Waals surface area contributed by atoms with Gasteiger partial charge in [-0.3, -0.25) is 0 Å². The van der Waals surface area contributed by atoms with Crippen molar-refractivity contribution in [2.24, 2.45) is 0 Å². The van der Waals surface area contributed by atoms with Gasteiger partial charge in [-0.15, -0.1) is 10.2 Å². The highest BCUT2D eigenvalue weighted by Crippen LogP contribution is 2.35. The summed E-state index contributed by atoms with van der Waals surface area (Å²) < 4.78 is 6.17. The number of piperidine rings is 1. The Kier molecular flexibility index (Phi) is 5.23. The van der Waals surface area contributed by atoms with Gasteiger partial charge in [-0.05, 0) is 43.0 Å². The number of hydrogen-bond donors (Lipinski definition) is 1. The fraction of sp³-hybridized carbons (Fsp3) is 0.364. The number of aromatic nitrogens is 3. The summed E-state index contributed by atoms with van der Waals surface area (Å²) in [6, 6.07) is 14.0. The Hall–Kier alpha value is -3.13. The number of fused-ring (bicyclic) bond motifs is 1. The zero-order valence-corrected chi connectivity index (χ0v) is 17.6. The van der Waals surface area contributed by atoms with Crippen molar-refractivity contribution in [2.45, 2.75) is 24.9 Å². The molecular weight excluding hydrogens is 418 g/mol. The largest absolute Gasteiger partial charge is 0.469 e. The molecule has 4 heterocycles. The van der Waals surface area contributed by atoms with Crippen LogP contribution in [-0.2, 0) is 0 Å². The average Bonchev–Trinajstić information content (AvgIpc) is 2.76. The third-order valence-corrected chi connectivity index (χ3v) is 6.18. The number of amides is 1. The highest BCUT2D eigenvalue weighted by atomic mass is 35.5. The maximum absolute atomic E-state index is 11.2. The second-order valence-corrected chi connectivity index (χ2v) is 8.37. The summed E-state index contributed by atoms with van der Waals surface area (Å²) >= 11 is 6.10. The number of pyridine rings is 1. The molecular formula is C22H22ClN5O3. The first-order valence-corrected chi connectivity index (χ1v) is 10.7. The molecule has 0 radical (unpaired) electrons. The number of anilines is 1. The number of ether oxygens (including phenoxy) is 1. The van der Waals surface area contributed by atoms with Crippen LogP contribution >= 0.6 is 11.6 Å². The van der Waals surface area contributed by atoms with Crippen molar-refractivity contribution in [3.8, 4) is 5.88 Å². The minimum atomic E-state index is -0.877. The van der Waals surface area contributed by atoms with Crippen LogP contribution in [0.4, 0.5) is 10.6 Å². The molecule has 0 spiro atoms. The molecule has 2 aromatic heterocycles. The molecule has 5 rings (SSSR count). The summed E-state index contributed by atoms with van der Waals surface area (Å²) in [5.74, 6) is 1.58. The highest BCUT2D eigenvalue weighted by molar-refractivity contribution is 6.29. The van der Waals surface area contributed by atoms with Gasteiger partial charge in [0, 0.05) is 24.0 Å². The quantitative estimate of drug-likeness (QED) is 0.660. The predicted molar refractivity (Wildman–Crippen MR) is 117 cm³/mol. The van der Waals surface area contributed by atoms with Crippen LogP contribution in [0.2, 0.25) is 5.15 Å². The maximum atomic E-state index is 11.2. The third-order valence-electron chi connectivity index (χ3n) is 6.00. The molecule has 160 valence electrons. The van der Waals surface area contributed by atoms with E-state index in [-0.39, 0.29) is 12.0 Å². The minimum absolute atomic E-state index is 0.0124. The van der Waals surface area contributed by atoms with E-state index in [1.54, 1.807) is 6.07 Å².